The van der Waals surface area contributed by atoms with Crippen LogP contribution in [0.1, 0.15) is 0 Å². The summed E-state index contributed by atoms with van der Waals surface area (Å²) in [7, 11) is 0. The molecule has 0 saturated carbocycles. The van der Waals surface area contributed by atoms with Gasteiger partial charge in [0.25, 0.3) is 0 Å². The lowest BCUT2D eigenvalue weighted by molar-refractivity contribution is 1.70. The molecule has 28 heavy (non-hydrogen) atoms. The Morgan fingerprint density at radius 3 is 1.68 bits per heavy atom. The van der Waals surface area contributed by atoms with Gasteiger partial charge in [0.1, 0.15) is 0 Å². The predicted octanol–water partition coefficient (Wildman–Crippen LogP) is 7.97. The minimum absolute atomic E-state index is 1.28. The third kappa shape index (κ3) is 2.18. The van der Waals surface area contributed by atoms with Crippen LogP contribution in [0.15, 0.2) is 109 Å². The average Bonchev–Trinajstić information content (AvgIpc) is 2.78. The summed E-state index contributed by atoms with van der Waals surface area (Å²) in [5, 5.41) is 10.5. The lowest BCUT2D eigenvalue weighted by Gasteiger charge is -2.13. The van der Waals surface area contributed by atoms with Gasteiger partial charge in [-0.25, -0.2) is 0 Å². The van der Waals surface area contributed by atoms with Crippen LogP contribution in [0.2, 0.25) is 0 Å². The van der Waals surface area contributed by atoms with Crippen molar-refractivity contribution >= 4 is 43.1 Å². The molecule has 0 aliphatic heterocycles. The highest BCUT2D eigenvalue weighted by atomic mass is 14.1. The summed E-state index contributed by atoms with van der Waals surface area (Å²) >= 11 is 0. The van der Waals surface area contributed by atoms with Crippen molar-refractivity contribution in [2.24, 2.45) is 0 Å². The zero-order valence-corrected chi connectivity index (χ0v) is 15.4. The van der Waals surface area contributed by atoms with Gasteiger partial charge in [0, 0.05) is 0 Å². The zero-order chi connectivity index (χ0) is 18.5. The Hall–Kier alpha value is -3.64. The van der Waals surface area contributed by atoms with Crippen molar-refractivity contribution in [1.82, 2.24) is 0 Å². The van der Waals surface area contributed by atoms with Crippen LogP contribution >= 0.6 is 0 Å². The van der Waals surface area contributed by atoms with E-state index in [2.05, 4.69) is 109 Å². The van der Waals surface area contributed by atoms with Crippen molar-refractivity contribution < 1.29 is 0 Å². The third-order valence-electron chi connectivity index (χ3n) is 5.85. The molecule has 0 bridgehead atoms. The lowest BCUT2D eigenvalue weighted by Crippen LogP contribution is -1.86. The van der Waals surface area contributed by atoms with Crippen molar-refractivity contribution in [3.05, 3.63) is 109 Å². The van der Waals surface area contributed by atoms with Crippen molar-refractivity contribution in [2.45, 2.75) is 0 Å². The summed E-state index contributed by atoms with van der Waals surface area (Å²) in [5.41, 5.74) is 2.59. The van der Waals surface area contributed by atoms with Gasteiger partial charge in [0.15, 0.2) is 0 Å². The first-order valence-electron chi connectivity index (χ1n) is 9.71. The molecule has 0 aliphatic rings. The second kappa shape index (κ2) is 5.94. The van der Waals surface area contributed by atoms with E-state index in [1.54, 1.807) is 0 Å². The number of hydrogen-bond donors (Lipinski definition) is 0. The Bertz CT molecular complexity index is 1500. The molecule has 0 atom stereocenters. The molecule has 6 aromatic rings. The molecule has 0 N–H and O–H groups in total. The van der Waals surface area contributed by atoms with Crippen molar-refractivity contribution in [3.8, 4) is 11.1 Å². The van der Waals surface area contributed by atoms with Crippen LogP contribution in [0.25, 0.3) is 54.2 Å². The Morgan fingerprint density at radius 1 is 0.286 bits per heavy atom. The van der Waals surface area contributed by atoms with Crippen molar-refractivity contribution in [2.75, 3.05) is 0 Å². The third-order valence-corrected chi connectivity index (χ3v) is 5.85. The van der Waals surface area contributed by atoms with Gasteiger partial charge in [-0.2, -0.15) is 0 Å². The van der Waals surface area contributed by atoms with E-state index in [1.165, 1.54) is 54.2 Å². The van der Waals surface area contributed by atoms with Crippen LogP contribution in [0, 0.1) is 0 Å². The van der Waals surface area contributed by atoms with E-state index < -0.39 is 0 Å². The zero-order valence-electron chi connectivity index (χ0n) is 15.4. The Balaban J connectivity index is 1.78. The smallest absolute Gasteiger partial charge is 0.00266 e. The van der Waals surface area contributed by atoms with Crippen LogP contribution in [-0.4, -0.2) is 0 Å². The standard InChI is InChI=1S/C28H18/c1-3-10-22-19(7-1)9-5-12-24(22)25-13-6-14-27-26(25)18-17-21-16-15-20-8-2-4-11-23(20)28(21)27/h1-18H. The fourth-order valence-electron chi connectivity index (χ4n) is 4.56. The van der Waals surface area contributed by atoms with Gasteiger partial charge in [-0.3, -0.25) is 0 Å². The summed E-state index contributed by atoms with van der Waals surface area (Å²) < 4.78 is 0. The highest BCUT2D eigenvalue weighted by Gasteiger charge is 2.11. The first-order chi connectivity index (χ1) is 13.9. The van der Waals surface area contributed by atoms with Crippen LogP contribution in [0.4, 0.5) is 0 Å². The van der Waals surface area contributed by atoms with Gasteiger partial charge in [0.05, 0.1) is 0 Å². The van der Waals surface area contributed by atoms with Crippen LogP contribution in [-0.2, 0) is 0 Å². The number of hydrogen-bond acceptors (Lipinski definition) is 0. The molecule has 0 saturated heterocycles. The summed E-state index contributed by atoms with van der Waals surface area (Å²) in [6.07, 6.45) is 0. The van der Waals surface area contributed by atoms with E-state index in [1.807, 2.05) is 0 Å². The Kier molecular flexibility index (Phi) is 3.27. The summed E-state index contributed by atoms with van der Waals surface area (Å²) in [5.74, 6) is 0. The normalized spacial score (nSPS) is 11.6. The number of benzene rings is 6. The van der Waals surface area contributed by atoms with Gasteiger partial charge >= 0.3 is 0 Å². The molecule has 0 radical (unpaired) electrons. The van der Waals surface area contributed by atoms with E-state index in [0.29, 0.717) is 0 Å². The maximum absolute atomic E-state index is 2.28. The van der Waals surface area contributed by atoms with Gasteiger partial charge in [0.2, 0.25) is 0 Å². The Labute approximate surface area is 163 Å². The molecule has 6 rings (SSSR count). The second-order valence-corrected chi connectivity index (χ2v) is 7.38. The highest BCUT2D eigenvalue weighted by Crippen LogP contribution is 2.38. The van der Waals surface area contributed by atoms with Crippen molar-refractivity contribution in [1.29, 1.82) is 0 Å². The fourth-order valence-corrected chi connectivity index (χ4v) is 4.56. The van der Waals surface area contributed by atoms with E-state index in [9.17, 15) is 0 Å². The lowest BCUT2D eigenvalue weighted by atomic mass is 9.90. The summed E-state index contributed by atoms with van der Waals surface area (Å²) in [6, 6.07) is 39.6. The molecule has 0 spiro atoms. The van der Waals surface area contributed by atoms with E-state index >= 15 is 0 Å². The van der Waals surface area contributed by atoms with E-state index in [-0.39, 0.29) is 0 Å². The van der Waals surface area contributed by atoms with Gasteiger partial charge in [-0.05, 0) is 54.2 Å². The van der Waals surface area contributed by atoms with Crippen LogP contribution < -0.4 is 0 Å². The molecule has 0 unspecified atom stereocenters. The molecular formula is C28H18. The van der Waals surface area contributed by atoms with E-state index in [4.69, 9.17) is 0 Å². The fraction of sp³-hybridized carbons (Fsp3) is 0. The Morgan fingerprint density at radius 2 is 0.821 bits per heavy atom. The average molecular weight is 354 g/mol. The topological polar surface area (TPSA) is 0 Å². The highest BCUT2D eigenvalue weighted by molar-refractivity contribution is 6.22. The minimum Gasteiger partial charge on any atom is -0.0616 e. The predicted molar refractivity (Wildman–Crippen MR) is 122 cm³/mol. The molecule has 0 heterocycles. The molecule has 0 aromatic heterocycles. The minimum atomic E-state index is 1.28. The molecular weight excluding hydrogens is 336 g/mol. The SMILES string of the molecule is c1ccc2c(-c3cccc4c3ccc3ccc5ccccc5c34)cccc2c1. The maximum Gasteiger partial charge on any atom is -0.00266 e. The van der Waals surface area contributed by atoms with Gasteiger partial charge < -0.3 is 0 Å². The maximum atomic E-state index is 2.28. The van der Waals surface area contributed by atoms with Crippen molar-refractivity contribution in [3.63, 3.8) is 0 Å². The summed E-state index contributed by atoms with van der Waals surface area (Å²) in [6.45, 7) is 0. The number of fused-ring (bicyclic) bond motifs is 6. The molecule has 0 fully saturated rings. The molecule has 0 aliphatic carbocycles. The van der Waals surface area contributed by atoms with E-state index in [0.717, 1.165) is 0 Å². The van der Waals surface area contributed by atoms with Crippen LogP contribution in [0.5, 0.6) is 0 Å². The number of rotatable bonds is 1. The molecule has 6 aromatic carbocycles. The molecule has 130 valence electrons. The monoisotopic (exact) mass is 354 g/mol. The first kappa shape index (κ1) is 15.4. The molecule has 0 heteroatoms. The largest absolute Gasteiger partial charge is 0.0616 e. The molecule has 0 amide bonds. The summed E-state index contributed by atoms with van der Waals surface area (Å²) in [4.78, 5) is 0. The first-order valence-corrected chi connectivity index (χ1v) is 9.71. The van der Waals surface area contributed by atoms with Gasteiger partial charge in [-0.15, -0.1) is 0 Å². The second-order valence-electron chi connectivity index (χ2n) is 7.38. The molecule has 0 nitrogen and oxygen atoms in total. The van der Waals surface area contributed by atoms with Gasteiger partial charge in [-0.1, -0.05) is 109 Å². The van der Waals surface area contributed by atoms with Crippen LogP contribution in [0.3, 0.4) is 0 Å². The quantitative estimate of drug-likeness (QED) is 0.263.